The second-order valence-corrected chi connectivity index (χ2v) is 10.6. The summed E-state index contributed by atoms with van der Waals surface area (Å²) in [6.45, 7) is -0.155. The lowest BCUT2D eigenvalue weighted by Gasteiger charge is -2.30. The standard InChI is InChI=1S/C26H20F5N5O5S/c1-40-23-12-17(15-4-6-18(27)22(11-15)41-26(29,30)31)19(28)13-21(23)36-20-8-10-35(14-16(20)5-7-25(36)37)42(38,39)34-24-3-2-9-32-33-24/h2-7,9,11-13H,8,10,14H2,1H3,(H,33,34). The Kier molecular flexibility index (Phi) is 7.59. The molecule has 0 unspecified atom stereocenters. The van der Waals surface area contributed by atoms with E-state index in [0.717, 1.165) is 22.5 Å². The Labute approximate surface area is 235 Å². The zero-order chi connectivity index (χ0) is 30.2. The van der Waals surface area contributed by atoms with Gasteiger partial charge >= 0.3 is 16.6 Å². The molecule has 0 atom stereocenters. The van der Waals surface area contributed by atoms with E-state index < -0.39 is 39.5 Å². The van der Waals surface area contributed by atoms with Crippen LogP contribution < -0.4 is 19.8 Å². The Hall–Kier alpha value is -4.57. The molecule has 42 heavy (non-hydrogen) atoms. The summed E-state index contributed by atoms with van der Waals surface area (Å²) in [6, 6.07) is 10.2. The average molecular weight is 610 g/mol. The molecule has 2 aromatic carbocycles. The monoisotopic (exact) mass is 609 g/mol. The van der Waals surface area contributed by atoms with Gasteiger partial charge in [-0.2, -0.15) is 17.8 Å². The number of anilines is 1. The molecule has 0 bridgehead atoms. The van der Waals surface area contributed by atoms with Crippen LogP contribution in [0.1, 0.15) is 11.3 Å². The quantitative estimate of drug-likeness (QED) is 0.313. The third-order valence-corrected chi connectivity index (χ3v) is 7.81. The van der Waals surface area contributed by atoms with E-state index in [4.69, 9.17) is 4.74 Å². The van der Waals surface area contributed by atoms with Gasteiger partial charge in [0.2, 0.25) is 0 Å². The van der Waals surface area contributed by atoms with E-state index in [1.54, 1.807) is 0 Å². The van der Waals surface area contributed by atoms with Gasteiger partial charge in [-0.25, -0.2) is 8.78 Å². The highest BCUT2D eigenvalue weighted by atomic mass is 32.2. The molecule has 1 aliphatic heterocycles. The molecule has 0 aliphatic carbocycles. The first-order valence-corrected chi connectivity index (χ1v) is 13.5. The van der Waals surface area contributed by atoms with E-state index in [2.05, 4.69) is 19.7 Å². The van der Waals surface area contributed by atoms with Gasteiger partial charge in [-0.05, 0) is 41.5 Å². The minimum Gasteiger partial charge on any atom is -0.495 e. The third-order valence-electron chi connectivity index (χ3n) is 6.36. The second kappa shape index (κ2) is 11.0. The summed E-state index contributed by atoms with van der Waals surface area (Å²) in [5.74, 6) is -3.40. The summed E-state index contributed by atoms with van der Waals surface area (Å²) in [7, 11) is -2.79. The van der Waals surface area contributed by atoms with Crippen molar-refractivity contribution in [3.63, 3.8) is 0 Å². The Balaban J connectivity index is 1.52. The molecule has 1 N–H and O–H groups in total. The topological polar surface area (TPSA) is 116 Å². The smallest absolute Gasteiger partial charge is 0.495 e. The molecular weight excluding hydrogens is 589 g/mol. The van der Waals surface area contributed by atoms with Crippen LogP contribution in [0.2, 0.25) is 0 Å². The van der Waals surface area contributed by atoms with Crippen LogP contribution in [0, 0.1) is 11.6 Å². The fourth-order valence-corrected chi connectivity index (χ4v) is 5.68. The molecule has 0 fully saturated rings. The van der Waals surface area contributed by atoms with Crippen molar-refractivity contribution in [1.29, 1.82) is 0 Å². The summed E-state index contributed by atoms with van der Waals surface area (Å²) < 4.78 is 107. The van der Waals surface area contributed by atoms with Crippen molar-refractivity contribution >= 4 is 16.0 Å². The van der Waals surface area contributed by atoms with E-state index in [-0.39, 0.29) is 47.9 Å². The number of fused-ring (bicyclic) bond motifs is 1. The first-order chi connectivity index (χ1) is 19.9. The molecule has 10 nitrogen and oxygen atoms in total. The molecule has 4 aromatic rings. The van der Waals surface area contributed by atoms with Crippen LogP contribution in [0.15, 0.2) is 65.6 Å². The molecule has 1 aliphatic rings. The zero-order valence-corrected chi connectivity index (χ0v) is 22.3. The first-order valence-electron chi connectivity index (χ1n) is 12.1. The van der Waals surface area contributed by atoms with Crippen LogP contribution in [0.4, 0.5) is 27.8 Å². The molecule has 0 radical (unpaired) electrons. The van der Waals surface area contributed by atoms with E-state index in [0.29, 0.717) is 23.4 Å². The summed E-state index contributed by atoms with van der Waals surface area (Å²) >= 11 is 0. The predicted octanol–water partition coefficient (Wildman–Crippen LogP) is 4.19. The Bertz CT molecular complexity index is 1820. The lowest BCUT2D eigenvalue weighted by molar-refractivity contribution is -0.275. The molecular formula is C26H20F5N5O5S. The maximum absolute atomic E-state index is 15.5. The molecule has 0 saturated heterocycles. The summed E-state index contributed by atoms with van der Waals surface area (Å²) in [5, 5.41) is 7.34. The van der Waals surface area contributed by atoms with E-state index in [9.17, 15) is 30.8 Å². The fraction of sp³-hybridized carbons (Fsp3) is 0.192. The molecule has 5 rings (SSSR count). The van der Waals surface area contributed by atoms with Crippen molar-refractivity contribution in [2.75, 3.05) is 18.4 Å². The molecule has 0 amide bonds. The molecule has 16 heteroatoms. The maximum Gasteiger partial charge on any atom is 0.573 e. The lowest BCUT2D eigenvalue weighted by Crippen LogP contribution is -2.41. The lowest BCUT2D eigenvalue weighted by atomic mass is 10.0. The number of hydrogen-bond donors (Lipinski definition) is 1. The Morgan fingerprint density at radius 3 is 2.48 bits per heavy atom. The van der Waals surface area contributed by atoms with Gasteiger partial charge in [0.25, 0.3) is 5.56 Å². The van der Waals surface area contributed by atoms with E-state index in [1.165, 1.54) is 42.1 Å². The molecule has 3 heterocycles. The van der Waals surface area contributed by atoms with E-state index in [1.807, 2.05) is 0 Å². The van der Waals surface area contributed by atoms with Crippen LogP contribution in [-0.4, -0.2) is 47.5 Å². The highest BCUT2D eigenvalue weighted by molar-refractivity contribution is 7.90. The van der Waals surface area contributed by atoms with Gasteiger partial charge in [0.05, 0.1) is 12.8 Å². The molecule has 0 saturated carbocycles. The summed E-state index contributed by atoms with van der Waals surface area (Å²) in [4.78, 5) is 13.0. The normalized spacial score (nSPS) is 13.9. The minimum absolute atomic E-state index is 0.0202. The van der Waals surface area contributed by atoms with Crippen molar-refractivity contribution in [3.05, 3.63) is 94.0 Å². The molecule has 2 aromatic heterocycles. The van der Waals surface area contributed by atoms with Crippen LogP contribution in [0.3, 0.4) is 0 Å². The first kappa shape index (κ1) is 28.9. The SMILES string of the molecule is COc1cc(-c2ccc(F)c(OC(F)(F)F)c2)c(F)cc1-n1c2c(ccc1=O)CN(S(=O)(=O)Nc1cccnn1)CC2. The second-order valence-electron chi connectivity index (χ2n) is 8.98. The number of methoxy groups -OCH3 is 1. The number of hydrogen-bond acceptors (Lipinski definition) is 7. The number of aromatic nitrogens is 3. The van der Waals surface area contributed by atoms with Crippen molar-refractivity contribution in [1.82, 2.24) is 19.1 Å². The predicted molar refractivity (Wildman–Crippen MR) is 139 cm³/mol. The highest BCUT2D eigenvalue weighted by Gasteiger charge is 2.33. The number of halogens is 5. The van der Waals surface area contributed by atoms with Gasteiger partial charge in [-0.1, -0.05) is 12.1 Å². The van der Waals surface area contributed by atoms with E-state index >= 15 is 4.39 Å². The van der Waals surface area contributed by atoms with Gasteiger partial charge in [0.1, 0.15) is 11.6 Å². The fourth-order valence-electron chi connectivity index (χ4n) is 4.53. The number of pyridine rings is 1. The van der Waals surface area contributed by atoms with Crippen LogP contribution in [0.25, 0.3) is 16.8 Å². The van der Waals surface area contributed by atoms with Gasteiger partial charge in [0, 0.05) is 49.1 Å². The Morgan fingerprint density at radius 1 is 1.00 bits per heavy atom. The van der Waals surface area contributed by atoms with Crippen molar-refractivity contribution < 1.29 is 39.8 Å². The minimum atomic E-state index is -5.17. The number of ether oxygens (including phenoxy) is 2. The Morgan fingerprint density at radius 2 is 1.79 bits per heavy atom. The van der Waals surface area contributed by atoms with Gasteiger partial charge < -0.3 is 9.47 Å². The van der Waals surface area contributed by atoms with Gasteiger partial charge in [-0.3, -0.25) is 14.1 Å². The van der Waals surface area contributed by atoms with Crippen LogP contribution in [0.5, 0.6) is 11.5 Å². The highest BCUT2D eigenvalue weighted by Crippen LogP contribution is 2.36. The van der Waals surface area contributed by atoms with Crippen LogP contribution >= 0.6 is 0 Å². The van der Waals surface area contributed by atoms with Gasteiger partial charge in [-0.15, -0.1) is 18.3 Å². The van der Waals surface area contributed by atoms with Crippen molar-refractivity contribution in [2.45, 2.75) is 19.3 Å². The number of nitrogens with zero attached hydrogens (tertiary/aromatic N) is 4. The van der Waals surface area contributed by atoms with Crippen molar-refractivity contribution in [3.8, 4) is 28.3 Å². The maximum atomic E-state index is 15.5. The van der Waals surface area contributed by atoms with Crippen LogP contribution in [-0.2, 0) is 23.2 Å². The summed E-state index contributed by atoms with van der Waals surface area (Å²) in [5.41, 5.74) is -0.102. The number of alkyl halides is 3. The molecule has 220 valence electrons. The zero-order valence-electron chi connectivity index (χ0n) is 21.5. The molecule has 0 spiro atoms. The van der Waals surface area contributed by atoms with Gasteiger partial charge in [0.15, 0.2) is 17.4 Å². The number of rotatable bonds is 7. The largest absolute Gasteiger partial charge is 0.573 e. The average Bonchev–Trinajstić information content (AvgIpc) is 2.93. The third kappa shape index (κ3) is 5.89. The number of benzene rings is 2. The van der Waals surface area contributed by atoms with Crippen molar-refractivity contribution in [2.24, 2.45) is 0 Å². The number of nitrogens with one attached hydrogen (secondary N) is 1. The summed E-state index contributed by atoms with van der Waals surface area (Å²) in [6.07, 6.45) is -3.72.